The third-order valence-corrected chi connectivity index (χ3v) is 13.5. The highest BCUT2D eigenvalue weighted by molar-refractivity contribution is 5.25. The van der Waals surface area contributed by atoms with Crippen LogP contribution in [0, 0.1) is 46.3 Å². The van der Waals surface area contributed by atoms with E-state index in [9.17, 15) is 5.11 Å². The average molecular weight is 632 g/mol. The Balaban J connectivity index is 1.01. The van der Waals surface area contributed by atoms with E-state index in [1.807, 2.05) is 0 Å². The predicted octanol–water partition coefficient (Wildman–Crippen LogP) is 7.53. The number of aliphatic hydroxyl groups excluding tert-OH is 1. The lowest BCUT2D eigenvalue weighted by molar-refractivity contribution is -0.0710. The van der Waals surface area contributed by atoms with Gasteiger partial charge in [-0.1, -0.05) is 65.5 Å². The minimum atomic E-state index is -0.122. The van der Waals surface area contributed by atoms with Crippen LogP contribution in [0.4, 0.5) is 0 Å². The molecule has 0 aromatic carbocycles. The fourth-order valence-corrected chi connectivity index (χ4v) is 10.8. The maximum Gasteiger partial charge on any atom is 0.0819 e. The van der Waals surface area contributed by atoms with E-state index in [1.165, 1.54) is 64.2 Å². The summed E-state index contributed by atoms with van der Waals surface area (Å²) in [5.74, 6) is 5.34. The predicted molar refractivity (Wildman–Crippen MR) is 182 cm³/mol. The van der Waals surface area contributed by atoms with Gasteiger partial charge in [0, 0.05) is 19.6 Å². The van der Waals surface area contributed by atoms with Crippen molar-refractivity contribution in [2.24, 2.45) is 46.3 Å². The van der Waals surface area contributed by atoms with Crippen LogP contribution in [0.5, 0.6) is 0 Å². The number of fused-ring (bicyclic) bond motifs is 5. The molecule has 0 aromatic rings. The van der Waals surface area contributed by atoms with Gasteiger partial charge in [-0.15, -0.1) is 0 Å². The van der Waals surface area contributed by atoms with Gasteiger partial charge < -0.3 is 24.1 Å². The summed E-state index contributed by atoms with van der Waals surface area (Å²) in [5.41, 5.74) is 2.65. The van der Waals surface area contributed by atoms with E-state index in [-0.39, 0.29) is 12.7 Å². The molecule has 5 aliphatic rings. The van der Waals surface area contributed by atoms with Crippen molar-refractivity contribution in [3.8, 4) is 0 Å². The van der Waals surface area contributed by atoms with E-state index < -0.39 is 0 Å². The van der Waals surface area contributed by atoms with Crippen LogP contribution >= 0.6 is 0 Å². The molecule has 9 atom stereocenters. The highest BCUT2D eigenvalue weighted by Crippen LogP contribution is 2.67. The van der Waals surface area contributed by atoms with Crippen LogP contribution in [0.3, 0.4) is 0 Å². The molecule has 4 fully saturated rings. The molecule has 45 heavy (non-hydrogen) atoms. The Hall–Kier alpha value is -0.500. The van der Waals surface area contributed by atoms with Gasteiger partial charge in [-0.05, 0) is 104 Å². The van der Waals surface area contributed by atoms with Gasteiger partial charge in [0.25, 0.3) is 0 Å². The van der Waals surface area contributed by atoms with Gasteiger partial charge in [-0.2, -0.15) is 0 Å². The van der Waals surface area contributed by atoms with E-state index in [0.717, 1.165) is 81.2 Å². The van der Waals surface area contributed by atoms with Crippen molar-refractivity contribution in [3.05, 3.63) is 11.6 Å². The van der Waals surface area contributed by atoms with Crippen molar-refractivity contribution in [1.82, 2.24) is 4.90 Å². The number of nitrogens with zero attached hydrogens (tertiary/aromatic N) is 1. The van der Waals surface area contributed by atoms with Crippen LogP contribution in [0.1, 0.15) is 112 Å². The third-order valence-electron chi connectivity index (χ3n) is 13.5. The monoisotopic (exact) mass is 632 g/mol. The van der Waals surface area contributed by atoms with E-state index >= 15 is 0 Å². The fourth-order valence-electron chi connectivity index (χ4n) is 10.8. The summed E-state index contributed by atoms with van der Waals surface area (Å²) in [5, 5.41) is 9.69. The summed E-state index contributed by atoms with van der Waals surface area (Å²) in [4.78, 5) is 2.38. The van der Waals surface area contributed by atoms with Crippen molar-refractivity contribution in [2.75, 3.05) is 65.9 Å². The highest BCUT2D eigenvalue weighted by Gasteiger charge is 2.59. The lowest BCUT2D eigenvalue weighted by Gasteiger charge is -2.58. The molecular formula is C39H69NO5. The minimum Gasteiger partial charge on any atom is -0.394 e. The molecule has 1 heterocycles. The lowest BCUT2D eigenvalue weighted by atomic mass is 9.47. The van der Waals surface area contributed by atoms with E-state index in [0.29, 0.717) is 43.4 Å². The molecule has 6 heteroatoms. The van der Waals surface area contributed by atoms with Gasteiger partial charge in [0.15, 0.2) is 0 Å². The molecule has 0 bridgehead atoms. The zero-order valence-corrected chi connectivity index (χ0v) is 29.8. The number of aliphatic hydroxyl groups is 1. The molecule has 0 amide bonds. The van der Waals surface area contributed by atoms with Crippen molar-refractivity contribution in [1.29, 1.82) is 0 Å². The number of allylic oxidation sites excluding steroid dienone is 1. The summed E-state index contributed by atoms with van der Waals surface area (Å²) in [7, 11) is 0. The van der Waals surface area contributed by atoms with Crippen molar-refractivity contribution < 1.29 is 24.1 Å². The Morgan fingerprint density at radius 1 is 0.933 bits per heavy atom. The Bertz CT molecular complexity index is 919. The largest absolute Gasteiger partial charge is 0.394 e. The number of hydrogen-bond donors (Lipinski definition) is 1. The van der Waals surface area contributed by atoms with Crippen molar-refractivity contribution in [3.63, 3.8) is 0 Å². The molecule has 1 saturated heterocycles. The maximum atomic E-state index is 9.69. The summed E-state index contributed by atoms with van der Waals surface area (Å²) in [6.45, 7) is 19.6. The number of hydrogen-bond acceptors (Lipinski definition) is 6. The van der Waals surface area contributed by atoms with Crippen LogP contribution in [0.25, 0.3) is 0 Å². The van der Waals surface area contributed by atoms with Crippen LogP contribution in [-0.4, -0.2) is 88.1 Å². The Labute approximate surface area is 276 Å². The van der Waals surface area contributed by atoms with E-state index in [1.54, 1.807) is 5.57 Å². The van der Waals surface area contributed by atoms with Crippen molar-refractivity contribution in [2.45, 2.75) is 124 Å². The second kappa shape index (κ2) is 16.7. The van der Waals surface area contributed by atoms with Gasteiger partial charge >= 0.3 is 0 Å². The normalized spacial score (nSPS) is 36.7. The van der Waals surface area contributed by atoms with Crippen molar-refractivity contribution >= 4 is 0 Å². The molecular weight excluding hydrogens is 562 g/mol. The lowest BCUT2D eigenvalue weighted by Crippen LogP contribution is -2.51. The zero-order valence-electron chi connectivity index (χ0n) is 29.8. The third kappa shape index (κ3) is 8.76. The molecule has 0 spiro atoms. The van der Waals surface area contributed by atoms with Gasteiger partial charge in [-0.25, -0.2) is 0 Å². The first-order valence-corrected chi connectivity index (χ1v) is 19.2. The van der Waals surface area contributed by atoms with Gasteiger partial charge in [0.2, 0.25) is 0 Å². The number of ether oxygens (including phenoxy) is 4. The number of morpholine rings is 1. The smallest absolute Gasteiger partial charge is 0.0819 e. The summed E-state index contributed by atoms with van der Waals surface area (Å²) >= 11 is 0. The molecule has 6 nitrogen and oxygen atoms in total. The molecule has 0 radical (unpaired) electrons. The molecule has 2 unspecified atom stereocenters. The molecule has 4 aliphatic carbocycles. The maximum absolute atomic E-state index is 9.69. The SMILES string of the molecule is CC(C)CCC[C@@H](C)[C@H]1CC[C@H]2[C@@H]3CC=C4CC(OCCOCCOC(CO)CCN5CCOCC5)CC[C@]4(C)[C@H]3CC[C@]12C. The van der Waals surface area contributed by atoms with Crippen LogP contribution in [-0.2, 0) is 18.9 Å². The first kappa shape index (κ1) is 35.8. The van der Waals surface area contributed by atoms with Gasteiger partial charge in [-0.3, -0.25) is 4.90 Å². The number of rotatable bonds is 17. The molecule has 1 N–H and O–H groups in total. The quantitative estimate of drug-likeness (QED) is 0.132. The standard InChI is InChI=1S/C39H69NO5/c1-29(2)7-6-8-30(3)35-11-12-36-34-10-9-31-27-32(13-16-38(31,4)37(34)14-17-39(35,36)5)44-25-23-43-24-26-45-33(28-41)15-18-40-19-21-42-22-20-40/h9,29-30,32-37,41H,6-8,10-28H2,1-5H3/t30-,32?,33?,34+,35-,36+,37+,38+,39-/m1/s1. The minimum absolute atomic E-state index is 0.0593. The molecule has 260 valence electrons. The summed E-state index contributed by atoms with van der Waals surface area (Å²) in [6.07, 6.45) is 18.7. The van der Waals surface area contributed by atoms with Gasteiger partial charge in [0.05, 0.1) is 58.5 Å². The molecule has 1 aliphatic heterocycles. The van der Waals surface area contributed by atoms with Crippen LogP contribution in [0.2, 0.25) is 0 Å². The summed E-state index contributed by atoms with van der Waals surface area (Å²) < 4.78 is 23.5. The topological polar surface area (TPSA) is 60.4 Å². The second-order valence-corrected chi connectivity index (χ2v) is 16.6. The van der Waals surface area contributed by atoms with E-state index in [4.69, 9.17) is 18.9 Å². The fraction of sp³-hybridized carbons (Fsp3) is 0.949. The Kier molecular flexibility index (Phi) is 13.3. The zero-order chi connectivity index (χ0) is 31.9. The summed E-state index contributed by atoms with van der Waals surface area (Å²) in [6, 6.07) is 0. The first-order chi connectivity index (χ1) is 21.7. The van der Waals surface area contributed by atoms with E-state index in [2.05, 4.69) is 45.6 Å². The van der Waals surface area contributed by atoms with Gasteiger partial charge in [0.1, 0.15) is 0 Å². The molecule has 5 rings (SSSR count). The Morgan fingerprint density at radius 3 is 2.51 bits per heavy atom. The van der Waals surface area contributed by atoms with Crippen LogP contribution in [0.15, 0.2) is 11.6 Å². The second-order valence-electron chi connectivity index (χ2n) is 16.6. The average Bonchev–Trinajstić information content (AvgIpc) is 3.39. The molecule has 3 saturated carbocycles. The highest BCUT2D eigenvalue weighted by atomic mass is 16.6. The molecule has 0 aromatic heterocycles. The van der Waals surface area contributed by atoms with Crippen LogP contribution < -0.4 is 0 Å². The Morgan fingerprint density at radius 2 is 1.73 bits per heavy atom. The first-order valence-electron chi connectivity index (χ1n) is 19.2.